The van der Waals surface area contributed by atoms with Gasteiger partial charge in [0, 0.05) is 12.5 Å². The number of hydrogen-bond donors (Lipinski definition) is 1. The number of benzene rings is 1. The molecule has 0 aliphatic carbocycles. The van der Waals surface area contributed by atoms with Crippen LogP contribution < -0.4 is 15.0 Å². The highest BCUT2D eigenvalue weighted by atomic mass is 16.5. The maximum absolute atomic E-state index is 12.1. The Morgan fingerprint density at radius 3 is 2.50 bits per heavy atom. The van der Waals surface area contributed by atoms with E-state index in [2.05, 4.69) is 16.9 Å². The second kappa shape index (κ2) is 6.41. The van der Waals surface area contributed by atoms with Crippen LogP contribution in [0.2, 0.25) is 0 Å². The number of aromatic nitrogens is 2. The van der Waals surface area contributed by atoms with Crippen molar-refractivity contribution in [1.82, 2.24) is 9.97 Å². The summed E-state index contributed by atoms with van der Waals surface area (Å²) in [5, 5.41) is 0.516. The number of hydrogen-bond acceptors (Lipinski definition) is 4. The fourth-order valence-corrected chi connectivity index (χ4v) is 2.18. The van der Waals surface area contributed by atoms with E-state index >= 15 is 0 Å². The first-order chi connectivity index (χ1) is 9.69. The average Bonchev–Trinajstić information content (AvgIpc) is 2.46. The van der Waals surface area contributed by atoms with Crippen molar-refractivity contribution in [2.75, 3.05) is 14.2 Å². The molecule has 5 heteroatoms. The molecule has 0 saturated heterocycles. The largest absolute Gasteiger partial charge is 0.493 e. The highest BCUT2D eigenvalue weighted by molar-refractivity contribution is 5.81. The minimum atomic E-state index is -0.137. The molecule has 1 heterocycles. The quantitative estimate of drug-likeness (QED) is 0.824. The second-order valence-corrected chi connectivity index (χ2v) is 4.69. The zero-order valence-electron chi connectivity index (χ0n) is 12.2. The Balaban J connectivity index is 2.45. The van der Waals surface area contributed by atoms with Gasteiger partial charge in [-0.15, -0.1) is 0 Å². The summed E-state index contributed by atoms with van der Waals surface area (Å²) >= 11 is 0. The molecule has 0 bridgehead atoms. The lowest BCUT2D eigenvalue weighted by atomic mass is 10.2. The molecule has 2 aromatic rings. The van der Waals surface area contributed by atoms with E-state index < -0.39 is 0 Å². The Morgan fingerprint density at radius 1 is 1.15 bits per heavy atom. The maximum atomic E-state index is 12.1. The van der Waals surface area contributed by atoms with Gasteiger partial charge in [-0.25, -0.2) is 4.98 Å². The van der Waals surface area contributed by atoms with Crippen LogP contribution in [0.3, 0.4) is 0 Å². The molecule has 0 saturated carbocycles. The van der Waals surface area contributed by atoms with Crippen LogP contribution in [-0.4, -0.2) is 24.2 Å². The van der Waals surface area contributed by atoms with E-state index in [0.29, 0.717) is 22.4 Å². The number of unbranched alkanes of at least 4 members (excludes halogenated alkanes) is 2. The standard InChI is InChI=1S/C15H20N2O3/c1-4-5-6-7-14-16-11-9-13(20-3)12(19-2)8-10(11)15(18)17-14/h8-9H,4-7H2,1-3H3,(H,16,17,18). The van der Waals surface area contributed by atoms with Crippen LogP contribution in [0.4, 0.5) is 0 Å². The Kier molecular flexibility index (Phi) is 4.61. The van der Waals surface area contributed by atoms with Crippen molar-refractivity contribution >= 4 is 10.9 Å². The monoisotopic (exact) mass is 276 g/mol. The number of H-pyrrole nitrogens is 1. The number of ether oxygens (including phenoxy) is 2. The van der Waals surface area contributed by atoms with Crippen molar-refractivity contribution < 1.29 is 9.47 Å². The van der Waals surface area contributed by atoms with Crippen LogP contribution in [0, 0.1) is 0 Å². The topological polar surface area (TPSA) is 64.2 Å². The first kappa shape index (κ1) is 14.4. The predicted molar refractivity (Wildman–Crippen MR) is 78.7 cm³/mol. The van der Waals surface area contributed by atoms with Crippen molar-refractivity contribution in [3.05, 3.63) is 28.3 Å². The molecule has 20 heavy (non-hydrogen) atoms. The van der Waals surface area contributed by atoms with Crippen molar-refractivity contribution in [3.8, 4) is 11.5 Å². The molecule has 1 N–H and O–H groups in total. The molecule has 108 valence electrons. The Morgan fingerprint density at radius 2 is 1.85 bits per heavy atom. The second-order valence-electron chi connectivity index (χ2n) is 4.69. The van der Waals surface area contributed by atoms with Gasteiger partial charge in [0.15, 0.2) is 11.5 Å². The van der Waals surface area contributed by atoms with E-state index in [1.54, 1.807) is 26.4 Å². The van der Waals surface area contributed by atoms with Gasteiger partial charge in [0.25, 0.3) is 5.56 Å². The molecular weight excluding hydrogens is 256 g/mol. The average molecular weight is 276 g/mol. The van der Waals surface area contributed by atoms with Gasteiger partial charge in [-0.2, -0.15) is 0 Å². The molecule has 0 aliphatic rings. The Bertz CT molecular complexity index is 649. The SMILES string of the molecule is CCCCCc1nc2cc(OC)c(OC)cc2c(=O)[nH]1. The molecule has 0 radical (unpaired) electrons. The molecule has 0 atom stereocenters. The fraction of sp³-hybridized carbons (Fsp3) is 0.467. The minimum Gasteiger partial charge on any atom is -0.493 e. The van der Waals surface area contributed by atoms with Gasteiger partial charge in [0.05, 0.1) is 25.1 Å². The summed E-state index contributed by atoms with van der Waals surface area (Å²) in [5.41, 5.74) is 0.500. The van der Waals surface area contributed by atoms with Gasteiger partial charge in [-0.3, -0.25) is 4.79 Å². The van der Waals surface area contributed by atoms with E-state index in [9.17, 15) is 4.79 Å². The number of aryl methyl sites for hydroxylation is 1. The van der Waals surface area contributed by atoms with Crippen LogP contribution in [-0.2, 0) is 6.42 Å². The number of methoxy groups -OCH3 is 2. The van der Waals surface area contributed by atoms with E-state index in [1.807, 2.05) is 0 Å². The Labute approximate surface area is 117 Å². The zero-order chi connectivity index (χ0) is 14.5. The summed E-state index contributed by atoms with van der Waals surface area (Å²) < 4.78 is 10.4. The Hall–Kier alpha value is -2.04. The van der Waals surface area contributed by atoms with Crippen LogP contribution in [0.15, 0.2) is 16.9 Å². The predicted octanol–water partition coefficient (Wildman–Crippen LogP) is 2.67. The molecule has 5 nitrogen and oxygen atoms in total. The normalized spacial score (nSPS) is 10.8. The summed E-state index contributed by atoms with van der Waals surface area (Å²) in [6, 6.07) is 3.41. The summed E-state index contributed by atoms with van der Waals surface area (Å²) in [5.74, 6) is 1.84. The van der Waals surface area contributed by atoms with Gasteiger partial charge >= 0.3 is 0 Å². The van der Waals surface area contributed by atoms with E-state index in [0.717, 1.165) is 31.5 Å². The van der Waals surface area contributed by atoms with E-state index in [1.165, 1.54) is 0 Å². The molecular formula is C15H20N2O3. The number of nitrogens with zero attached hydrogens (tertiary/aromatic N) is 1. The summed E-state index contributed by atoms with van der Waals surface area (Å²) in [6.07, 6.45) is 4.09. The lowest BCUT2D eigenvalue weighted by Crippen LogP contribution is -2.12. The van der Waals surface area contributed by atoms with Gasteiger partial charge < -0.3 is 14.5 Å². The van der Waals surface area contributed by atoms with Crippen molar-refractivity contribution in [2.24, 2.45) is 0 Å². The summed E-state index contributed by atoms with van der Waals surface area (Å²) in [4.78, 5) is 19.4. The molecule has 1 aromatic heterocycles. The lowest BCUT2D eigenvalue weighted by Gasteiger charge is -2.09. The number of rotatable bonds is 6. The van der Waals surface area contributed by atoms with Crippen molar-refractivity contribution in [2.45, 2.75) is 32.6 Å². The van der Waals surface area contributed by atoms with Crippen LogP contribution in [0.5, 0.6) is 11.5 Å². The van der Waals surface area contributed by atoms with Gasteiger partial charge in [0.2, 0.25) is 0 Å². The van der Waals surface area contributed by atoms with E-state index in [-0.39, 0.29) is 5.56 Å². The third-order valence-corrected chi connectivity index (χ3v) is 3.28. The lowest BCUT2D eigenvalue weighted by molar-refractivity contribution is 0.355. The first-order valence-corrected chi connectivity index (χ1v) is 6.84. The molecule has 2 rings (SSSR count). The zero-order valence-corrected chi connectivity index (χ0v) is 12.2. The number of fused-ring (bicyclic) bond motifs is 1. The summed E-state index contributed by atoms with van der Waals surface area (Å²) in [7, 11) is 3.11. The minimum absolute atomic E-state index is 0.137. The van der Waals surface area contributed by atoms with Gasteiger partial charge in [0.1, 0.15) is 5.82 Å². The van der Waals surface area contributed by atoms with Gasteiger partial charge in [-0.05, 0) is 12.5 Å². The highest BCUT2D eigenvalue weighted by Gasteiger charge is 2.10. The third-order valence-electron chi connectivity index (χ3n) is 3.28. The molecule has 0 spiro atoms. The molecule has 0 fully saturated rings. The van der Waals surface area contributed by atoms with Crippen molar-refractivity contribution in [1.29, 1.82) is 0 Å². The van der Waals surface area contributed by atoms with Crippen LogP contribution in [0.25, 0.3) is 10.9 Å². The van der Waals surface area contributed by atoms with Gasteiger partial charge in [-0.1, -0.05) is 19.8 Å². The maximum Gasteiger partial charge on any atom is 0.258 e. The number of nitrogens with one attached hydrogen (secondary N) is 1. The molecule has 0 unspecified atom stereocenters. The van der Waals surface area contributed by atoms with Crippen molar-refractivity contribution in [3.63, 3.8) is 0 Å². The number of aromatic amines is 1. The smallest absolute Gasteiger partial charge is 0.258 e. The highest BCUT2D eigenvalue weighted by Crippen LogP contribution is 2.29. The first-order valence-electron chi connectivity index (χ1n) is 6.84. The third kappa shape index (κ3) is 2.92. The molecule has 1 aromatic carbocycles. The van der Waals surface area contributed by atoms with Crippen LogP contribution >= 0.6 is 0 Å². The molecule has 0 aliphatic heterocycles. The van der Waals surface area contributed by atoms with E-state index in [4.69, 9.17) is 9.47 Å². The van der Waals surface area contributed by atoms with Crippen LogP contribution in [0.1, 0.15) is 32.0 Å². The summed E-state index contributed by atoms with van der Waals surface area (Å²) in [6.45, 7) is 2.15. The fourth-order valence-electron chi connectivity index (χ4n) is 2.18. The molecule has 0 amide bonds.